The van der Waals surface area contributed by atoms with Gasteiger partial charge in [-0.2, -0.15) is 23.0 Å². The number of pyridine rings is 2. The van der Waals surface area contributed by atoms with Crippen LogP contribution in [-0.4, -0.2) is 36.5 Å². The van der Waals surface area contributed by atoms with Gasteiger partial charge in [-0.3, -0.25) is 14.6 Å². The number of amides is 2. The van der Waals surface area contributed by atoms with Crippen molar-refractivity contribution in [2.24, 2.45) is 0 Å². The number of hydrogen-bond donors (Lipinski definition) is 2. The molecule has 9 nitrogen and oxygen atoms in total. The number of anilines is 1. The average molecular weight is 419 g/mol. The maximum absolute atomic E-state index is 12.8. The van der Waals surface area contributed by atoms with Crippen LogP contribution in [0.4, 0.5) is 18.9 Å². The minimum absolute atomic E-state index is 0.236. The fraction of sp³-hybridized carbons (Fsp3) is 0.222. The molecule has 3 rings (SSSR count). The lowest BCUT2D eigenvalue weighted by Crippen LogP contribution is -2.29. The van der Waals surface area contributed by atoms with E-state index in [1.54, 1.807) is 19.1 Å². The number of rotatable bonds is 5. The quantitative estimate of drug-likeness (QED) is 0.657. The van der Waals surface area contributed by atoms with E-state index in [0.29, 0.717) is 23.5 Å². The van der Waals surface area contributed by atoms with Gasteiger partial charge >= 0.3 is 6.18 Å². The first-order chi connectivity index (χ1) is 14.1. The molecular formula is C18H16F3N7O2. The largest absolute Gasteiger partial charge is 0.417 e. The molecule has 0 bridgehead atoms. The Kier molecular flexibility index (Phi) is 5.76. The average Bonchev–Trinajstić information content (AvgIpc) is 3.17. The third kappa shape index (κ3) is 4.77. The first kappa shape index (κ1) is 20.9. The number of nitrogens with one attached hydrogen (secondary N) is 2. The molecule has 0 radical (unpaired) electrons. The van der Waals surface area contributed by atoms with Gasteiger partial charge < -0.3 is 10.6 Å². The third-order valence-corrected chi connectivity index (χ3v) is 3.92. The molecular weight excluding hydrogens is 403 g/mol. The summed E-state index contributed by atoms with van der Waals surface area (Å²) >= 11 is 0. The van der Waals surface area contributed by atoms with Crippen molar-refractivity contribution in [2.75, 3.05) is 5.32 Å². The summed E-state index contributed by atoms with van der Waals surface area (Å²) in [4.78, 5) is 35.3. The van der Waals surface area contributed by atoms with Crippen LogP contribution in [0.5, 0.6) is 0 Å². The summed E-state index contributed by atoms with van der Waals surface area (Å²) in [7, 11) is 0. The Morgan fingerprint density at radius 2 is 1.90 bits per heavy atom. The van der Waals surface area contributed by atoms with Gasteiger partial charge in [0.25, 0.3) is 5.91 Å². The van der Waals surface area contributed by atoms with Gasteiger partial charge in [0.05, 0.1) is 29.1 Å². The molecule has 3 aromatic heterocycles. The highest BCUT2D eigenvalue weighted by Crippen LogP contribution is 2.29. The fourth-order valence-electron chi connectivity index (χ4n) is 2.57. The molecule has 0 saturated heterocycles. The molecule has 1 atom stereocenters. The van der Waals surface area contributed by atoms with Crippen molar-refractivity contribution in [2.45, 2.75) is 26.1 Å². The monoisotopic (exact) mass is 419 g/mol. The van der Waals surface area contributed by atoms with Gasteiger partial charge in [-0.25, -0.2) is 9.97 Å². The number of nitrogens with zero attached hydrogens (tertiary/aromatic N) is 5. The van der Waals surface area contributed by atoms with E-state index >= 15 is 0 Å². The number of carbonyl (C=O) groups excluding carboxylic acids is 2. The van der Waals surface area contributed by atoms with Crippen molar-refractivity contribution >= 4 is 17.5 Å². The molecule has 2 amide bonds. The molecule has 30 heavy (non-hydrogen) atoms. The van der Waals surface area contributed by atoms with Crippen LogP contribution < -0.4 is 10.6 Å². The van der Waals surface area contributed by atoms with Crippen LogP contribution in [0.15, 0.2) is 43.1 Å². The van der Waals surface area contributed by atoms with Crippen LogP contribution in [-0.2, 0) is 11.0 Å². The topological polar surface area (TPSA) is 115 Å². The number of alkyl halides is 3. The van der Waals surface area contributed by atoms with Crippen LogP contribution in [0.2, 0.25) is 0 Å². The molecule has 0 aliphatic heterocycles. The van der Waals surface area contributed by atoms with Gasteiger partial charge in [0, 0.05) is 19.3 Å². The Labute approximate surface area is 168 Å². The fourth-order valence-corrected chi connectivity index (χ4v) is 2.57. The first-order valence-corrected chi connectivity index (χ1v) is 8.62. The molecule has 0 fully saturated rings. The van der Waals surface area contributed by atoms with Gasteiger partial charge in [0.2, 0.25) is 5.91 Å². The van der Waals surface area contributed by atoms with E-state index < -0.39 is 23.7 Å². The van der Waals surface area contributed by atoms with Gasteiger partial charge in [0.1, 0.15) is 6.33 Å². The number of aromatic nitrogens is 5. The number of halogens is 3. The minimum Gasteiger partial charge on any atom is -0.342 e. The molecule has 156 valence electrons. The summed E-state index contributed by atoms with van der Waals surface area (Å²) in [5.41, 5.74) is -0.763. The molecule has 0 aliphatic rings. The van der Waals surface area contributed by atoms with Crippen molar-refractivity contribution in [3.05, 3.63) is 60.1 Å². The zero-order valence-electron chi connectivity index (χ0n) is 15.8. The molecule has 3 heterocycles. The summed E-state index contributed by atoms with van der Waals surface area (Å²) in [6.07, 6.45) is -0.228. The van der Waals surface area contributed by atoms with E-state index in [1.165, 1.54) is 24.1 Å². The smallest absolute Gasteiger partial charge is 0.342 e. The second-order valence-corrected chi connectivity index (χ2v) is 6.27. The van der Waals surface area contributed by atoms with E-state index in [0.717, 1.165) is 12.3 Å². The Balaban J connectivity index is 1.77. The molecule has 0 aromatic carbocycles. The highest BCUT2D eigenvalue weighted by Gasteiger charge is 2.31. The van der Waals surface area contributed by atoms with Gasteiger partial charge in [-0.1, -0.05) is 0 Å². The highest BCUT2D eigenvalue weighted by molar-refractivity contribution is 5.94. The van der Waals surface area contributed by atoms with Gasteiger partial charge in [-0.05, 0) is 25.1 Å². The molecule has 0 spiro atoms. The van der Waals surface area contributed by atoms with Crippen LogP contribution in [0.25, 0.3) is 5.82 Å². The SMILES string of the molecule is CC(=O)Nc1ccc(-n2ncnc2C(C)NC(=O)c2cncc(C(F)(F)F)c2)nc1. The second kappa shape index (κ2) is 8.27. The Hall–Kier alpha value is -3.83. The molecule has 1 unspecified atom stereocenters. The lowest BCUT2D eigenvalue weighted by molar-refractivity contribution is -0.137. The summed E-state index contributed by atoms with van der Waals surface area (Å²) in [6, 6.07) is 3.23. The van der Waals surface area contributed by atoms with E-state index in [-0.39, 0.29) is 11.5 Å². The highest BCUT2D eigenvalue weighted by atomic mass is 19.4. The number of hydrogen-bond acceptors (Lipinski definition) is 6. The van der Waals surface area contributed by atoms with E-state index in [1.807, 2.05) is 0 Å². The first-order valence-electron chi connectivity index (χ1n) is 8.62. The Bertz CT molecular complexity index is 1060. The summed E-state index contributed by atoms with van der Waals surface area (Å²) in [5.74, 6) is -0.308. The van der Waals surface area contributed by atoms with Crippen molar-refractivity contribution in [1.29, 1.82) is 0 Å². The summed E-state index contributed by atoms with van der Waals surface area (Å²) in [6.45, 7) is 2.97. The van der Waals surface area contributed by atoms with Crippen molar-refractivity contribution in [3.8, 4) is 5.82 Å². The van der Waals surface area contributed by atoms with Crippen LogP contribution in [0, 0.1) is 0 Å². The molecule has 2 N–H and O–H groups in total. The lowest BCUT2D eigenvalue weighted by Gasteiger charge is -2.15. The summed E-state index contributed by atoms with van der Waals surface area (Å²) in [5, 5.41) is 9.22. The third-order valence-electron chi connectivity index (χ3n) is 3.92. The zero-order chi connectivity index (χ0) is 21.9. The van der Waals surface area contributed by atoms with Crippen LogP contribution in [0.1, 0.15) is 41.6 Å². The zero-order valence-corrected chi connectivity index (χ0v) is 15.8. The van der Waals surface area contributed by atoms with Crippen LogP contribution in [0.3, 0.4) is 0 Å². The molecule has 0 saturated carbocycles. The standard InChI is InChI=1S/C18H16F3N7O2/c1-10(26-17(30)12-5-13(7-22-6-12)18(19,20)21)16-24-9-25-28(16)15-4-3-14(8-23-15)27-11(2)29/h3-10H,1-2H3,(H,26,30)(H,27,29). The van der Waals surface area contributed by atoms with Crippen molar-refractivity contribution in [1.82, 2.24) is 30.0 Å². The van der Waals surface area contributed by atoms with Gasteiger partial charge in [0.15, 0.2) is 11.6 Å². The molecule has 3 aromatic rings. The van der Waals surface area contributed by atoms with Crippen LogP contribution >= 0.6 is 0 Å². The van der Waals surface area contributed by atoms with E-state index in [4.69, 9.17) is 0 Å². The van der Waals surface area contributed by atoms with Gasteiger partial charge in [-0.15, -0.1) is 0 Å². The van der Waals surface area contributed by atoms with Crippen molar-refractivity contribution < 1.29 is 22.8 Å². The maximum atomic E-state index is 12.8. The Morgan fingerprint density at radius 1 is 1.13 bits per heavy atom. The Morgan fingerprint density at radius 3 is 2.53 bits per heavy atom. The maximum Gasteiger partial charge on any atom is 0.417 e. The lowest BCUT2D eigenvalue weighted by atomic mass is 10.2. The van der Waals surface area contributed by atoms with E-state index in [2.05, 4.69) is 30.7 Å². The van der Waals surface area contributed by atoms with E-state index in [9.17, 15) is 22.8 Å². The predicted octanol–water partition coefficient (Wildman–Crippen LogP) is 2.53. The minimum atomic E-state index is -4.61. The molecule has 12 heteroatoms. The normalized spacial score (nSPS) is 12.3. The summed E-state index contributed by atoms with van der Waals surface area (Å²) < 4.78 is 39.9. The number of carbonyl (C=O) groups is 2. The molecule has 0 aliphatic carbocycles. The van der Waals surface area contributed by atoms with Crippen molar-refractivity contribution in [3.63, 3.8) is 0 Å². The second-order valence-electron chi connectivity index (χ2n) is 6.27. The predicted molar refractivity (Wildman–Crippen MR) is 98.6 cm³/mol.